The highest BCUT2D eigenvalue weighted by Crippen LogP contribution is 1.84. The van der Waals surface area contributed by atoms with E-state index in [0.717, 1.165) is 0 Å². The van der Waals surface area contributed by atoms with Crippen molar-refractivity contribution in [2.75, 3.05) is 13.7 Å². The van der Waals surface area contributed by atoms with Crippen LogP contribution in [0.2, 0.25) is 0 Å². The van der Waals surface area contributed by atoms with E-state index in [1.165, 1.54) is 14.0 Å². The molecule has 0 aromatic carbocycles. The number of rotatable bonds is 5. The van der Waals surface area contributed by atoms with Gasteiger partial charge in [0.05, 0.1) is 6.61 Å². The van der Waals surface area contributed by atoms with E-state index in [-0.39, 0.29) is 6.61 Å². The van der Waals surface area contributed by atoms with Crippen molar-refractivity contribution in [3.63, 3.8) is 0 Å². The van der Waals surface area contributed by atoms with Crippen LogP contribution in [-0.4, -0.2) is 37.6 Å². The Morgan fingerprint density at radius 1 is 1.54 bits per heavy atom. The molecule has 6 heteroatoms. The van der Waals surface area contributed by atoms with Gasteiger partial charge in [-0.2, -0.15) is 0 Å². The van der Waals surface area contributed by atoms with Gasteiger partial charge in [0.25, 0.3) is 0 Å². The fourth-order valence-electron chi connectivity index (χ4n) is 0.647. The van der Waals surface area contributed by atoms with Gasteiger partial charge in [-0.15, -0.1) is 0 Å². The number of nitrogens with two attached hydrogens (primary N) is 2. The molecule has 0 spiro atoms. The van der Waals surface area contributed by atoms with E-state index in [2.05, 4.69) is 10.1 Å². The summed E-state index contributed by atoms with van der Waals surface area (Å²) in [5.74, 6) is -1.05. The van der Waals surface area contributed by atoms with Gasteiger partial charge in [-0.25, -0.2) is 0 Å². The standard InChI is InChI=1S/C7H15N3O3/c1-4(6(9)11)10-7(12)5(8)3-13-2/h4-5H,3,8H2,1-2H3,(H2,9,11)(H,10,12). The molecule has 2 unspecified atom stereocenters. The highest BCUT2D eigenvalue weighted by Gasteiger charge is 2.17. The van der Waals surface area contributed by atoms with Crippen molar-refractivity contribution >= 4 is 11.8 Å². The highest BCUT2D eigenvalue weighted by atomic mass is 16.5. The van der Waals surface area contributed by atoms with Crippen LogP contribution in [0.15, 0.2) is 0 Å². The molecule has 0 saturated carbocycles. The van der Waals surface area contributed by atoms with Crippen molar-refractivity contribution in [2.45, 2.75) is 19.0 Å². The van der Waals surface area contributed by atoms with Crippen LogP contribution in [0.25, 0.3) is 0 Å². The second kappa shape index (κ2) is 5.50. The summed E-state index contributed by atoms with van der Waals surface area (Å²) in [6.45, 7) is 1.59. The molecular formula is C7H15N3O3. The van der Waals surface area contributed by atoms with E-state index in [1.807, 2.05) is 0 Å². The van der Waals surface area contributed by atoms with Crippen LogP contribution < -0.4 is 16.8 Å². The normalized spacial score (nSPS) is 14.7. The van der Waals surface area contributed by atoms with Gasteiger partial charge in [0, 0.05) is 7.11 Å². The molecule has 5 N–H and O–H groups in total. The van der Waals surface area contributed by atoms with Crippen LogP contribution in [0.5, 0.6) is 0 Å². The summed E-state index contributed by atoms with van der Waals surface area (Å²) >= 11 is 0. The van der Waals surface area contributed by atoms with Crippen molar-refractivity contribution in [3.05, 3.63) is 0 Å². The first-order valence-electron chi connectivity index (χ1n) is 3.83. The topological polar surface area (TPSA) is 107 Å². The molecule has 76 valence electrons. The van der Waals surface area contributed by atoms with Crippen LogP contribution >= 0.6 is 0 Å². The molecule has 13 heavy (non-hydrogen) atoms. The lowest BCUT2D eigenvalue weighted by atomic mass is 10.2. The molecule has 2 atom stereocenters. The number of hydrogen-bond acceptors (Lipinski definition) is 4. The minimum atomic E-state index is -0.771. The number of nitrogens with one attached hydrogen (secondary N) is 1. The molecule has 0 aliphatic heterocycles. The summed E-state index contributed by atoms with van der Waals surface area (Å²) < 4.78 is 4.66. The third kappa shape index (κ3) is 4.44. The van der Waals surface area contributed by atoms with Gasteiger partial charge < -0.3 is 21.5 Å². The zero-order valence-corrected chi connectivity index (χ0v) is 7.74. The van der Waals surface area contributed by atoms with Crippen molar-refractivity contribution in [3.8, 4) is 0 Å². The average molecular weight is 189 g/mol. The second-order valence-electron chi connectivity index (χ2n) is 2.69. The predicted molar refractivity (Wildman–Crippen MR) is 46.7 cm³/mol. The lowest BCUT2D eigenvalue weighted by Crippen LogP contribution is -2.50. The minimum Gasteiger partial charge on any atom is -0.383 e. The maximum atomic E-state index is 11.1. The van der Waals surface area contributed by atoms with Crippen LogP contribution in [0.3, 0.4) is 0 Å². The van der Waals surface area contributed by atoms with E-state index in [9.17, 15) is 9.59 Å². The Balaban J connectivity index is 3.92. The van der Waals surface area contributed by atoms with E-state index >= 15 is 0 Å². The summed E-state index contributed by atoms with van der Waals surface area (Å²) in [7, 11) is 1.44. The molecule has 0 heterocycles. The Kier molecular flexibility index (Phi) is 5.01. The van der Waals surface area contributed by atoms with E-state index < -0.39 is 23.9 Å². The fourth-order valence-corrected chi connectivity index (χ4v) is 0.647. The molecule has 6 nitrogen and oxygen atoms in total. The van der Waals surface area contributed by atoms with Crippen molar-refractivity contribution in [2.24, 2.45) is 11.5 Å². The Morgan fingerprint density at radius 3 is 2.46 bits per heavy atom. The zero-order valence-electron chi connectivity index (χ0n) is 7.74. The molecule has 0 aliphatic rings. The smallest absolute Gasteiger partial charge is 0.239 e. The Labute approximate surface area is 76.6 Å². The maximum Gasteiger partial charge on any atom is 0.239 e. The van der Waals surface area contributed by atoms with Gasteiger partial charge in [0.2, 0.25) is 11.8 Å². The SMILES string of the molecule is COCC(N)C(=O)NC(C)C(N)=O. The van der Waals surface area contributed by atoms with Gasteiger partial charge in [0.15, 0.2) is 0 Å². The van der Waals surface area contributed by atoms with Crippen LogP contribution in [0, 0.1) is 0 Å². The molecule has 0 fully saturated rings. The first-order chi connectivity index (χ1) is 5.99. The molecule has 0 radical (unpaired) electrons. The Morgan fingerprint density at radius 2 is 2.08 bits per heavy atom. The summed E-state index contributed by atoms with van der Waals surface area (Å²) in [4.78, 5) is 21.7. The lowest BCUT2D eigenvalue weighted by Gasteiger charge is -2.14. The van der Waals surface area contributed by atoms with Crippen LogP contribution in [0.4, 0.5) is 0 Å². The lowest BCUT2D eigenvalue weighted by molar-refractivity contribution is -0.128. The van der Waals surface area contributed by atoms with Crippen molar-refractivity contribution < 1.29 is 14.3 Å². The number of primary amides is 1. The number of hydrogen-bond donors (Lipinski definition) is 3. The average Bonchev–Trinajstić information content (AvgIpc) is 2.04. The van der Waals surface area contributed by atoms with Crippen LogP contribution in [0.1, 0.15) is 6.92 Å². The molecule has 0 aromatic heterocycles. The number of carbonyl (C=O) groups excluding carboxylic acids is 2. The third-order valence-corrected chi connectivity index (χ3v) is 1.47. The van der Waals surface area contributed by atoms with E-state index in [4.69, 9.17) is 11.5 Å². The van der Waals surface area contributed by atoms with Gasteiger partial charge >= 0.3 is 0 Å². The minimum absolute atomic E-state index is 0.108. The first kappa shape index (κ1) is 11.9. The van der Waals surface area contributed by atoms with Crippen molar-refractivity contribution in [1.82, 2.24) is 5.32 Å². The Bertz CT molecular complexity index is 195. The van der Waals surface area contributed by atoms with E-state index in [1.54, 1.807) is 0 Å². The molecule has 0 bridgehead atoms. The summed E-state index contributed by atoms with van der Waals surface area (Å²) in [5.41, 5.74) is 10.3. The summed E-state index contributed by atoms with van der Waals surface area (Å²) in [6, 6.07) is -1.48. The van der Waals surface area contributed by atoms with Gasteiger partial charge in [-0.3, -0.25) is 9.59 Å². The fraction of sp³-hybridized carbons (Fsp3) is 0.714. The predicted octanol–water partition coefficient (Wildman–Crippen LogP) is -2.05. The van der Waals surface area contributed by atoms with Crippen LogP contribution in [-0.2, 0) is 14.3 Å². The molecule has 0 aromatic rings. The molecule has 0 aliphatic carbocycles. The van der Waals surface area contributed by atoms with Gasteiger partial charge in [0.1, 0.15) is 12.1 Å². The van der Waals surface area contributed by atoms with Crippen molar-refractivity contribution in [1.29, 1.82) is 0 Å². The number of ether oxygens (including phenoxy) is 1. The third-order valence-electron chi connectivity index (χ3n) is 1.47. The number of amides is 2. The molecular weight excluding hydrogens is 174 g/mol. The zero-order chi connectivity index (χ0) is 10.4. The first-order valence-corrected chi connectivity index (χ1v) is 3.83. The molecule has 0 rings (SSSR count). The van der Waals surface area contributed by atoms with Gasteiger partial charge in [-0.1, -0.05) is 0 Å². The molecule has 2 amide bonds. The Hall–Kier alpha value is -1.14. The largest absolute Gasteiger partial charge is 0.383 e. The summed E-state index contributed by atoms with van der Waals surface area (Å²) in [5, 5.41) is 2.35. The van der Waals surface area contributed by atoms with E-state index in [0.29, 0.717) is 0 Å². The number of carbonyl (C=O) groups is 2. The monoisotopic (exact) mass is 189 g/mol. The maximum absolute atomic E-state index is 11.1. The van der Waals surface area contributed by atoms with Gasteiger partial charge in [-0.05, 0) is 6.92 Å². The molecule has 0 saturated heterocycles. The number of methoxy groups -OCH3 is 1. The highest BCUT2D eigenvalue weighted by molar-refractivity contribution is 5.88. The quantitative estimate of drug-likeness (QED) is 0.462. The summed E-state index contributed by atoms with van der Waals surface area (Å²) in [6.07, 6.45) is 0. The second-order valence-corrected chi connectivity index (χ2v) is 2.69.